The number of hydrogen-bond donors (Lipinski definition) is 2. The van der Waals surface area contributed by atoms with Crippen LogP contribution >= 0.6 is 0 Å². The predicted octanol–water partition coefficient (Wildman–Crippen LogP) is 2.02. The molecular weight excluding hydrogens is 342 g/mol. The summed E-state index contributed by atoms with van der Waals surface area (Å²) in [5.74, 6) is 7.36. The van der Waals surface area contributed by atoms with Gasteiger partial charge < -0.3 is 9.88 Å². The van der Waals surface area contributed by atoms with Crippen LogP contribution in [0.1, 0.15) is 31.2 Å². The van der Waals surface area contributed by atoms with Crippen LogP contribution < -0.4 is 5.84 Å². The molecule has 140 valence electrons. The molecule has 0 unspecified atom stereocenters. The van der Waals surface area contributed by atoms with Gasteiger partial charge in [0.05, 0.1) is 23.4 Å². The van der Waals surface area contributed by atoms with Crippen LogP contribution in [0.25, 0.3) is 5.70 Å². The lowest BCUT2D eigenvalue weighted by Crippen LogP contribution is -2.51. The van der Waals surface area contributed by atoms with Crippen LogP contribution in [0.15, 0.2) is 27.9 Å². The third-order valence-corrected chi connectivity index (χ3v) is 5.80. The number of likely N-dealkylation sites (tertiary alicyclic amines) is 1. The minimum Gasteiger partial charge on any atom is -0.346 e. The summed E-state index contributed by atoms with van der Waals surface area (Å²) in [6.07, 6.45) is 6.79. The van der Waals surface area contributed by atoms with Crippen LogP contribution in [-0.4, -0.2) is 46.9 Å². The van der Waals surface area contributed by atoms with E-state index < -0.39 is 0 Å². The number of hydrazine groups is 1. The number of aliphatic imine (C=N–C) groups is 2. The van der Waals surface area contributed by atoms with Gasteiger partial charge in [0.15, 0.2) is 0 Å². The van der Waals surface area contributed by atoms with Gasteiger partial charge in [-0.05, 0) is 38.5 Å². The SMILES string of the molecule is C=N/C(=C1/c2cc[nH]c2N=CN1N)C1CCC(C(=O)N2CC(C#N)C2)CC1. The monoisotopic (exact) mass is 365 g/mol. The van der Waals surface area contributed by atoms with Gasteiger partial charge in [0.2, 0.25) is 5.91 Å². The number of nitriles is 1. The Balaban J connectivity index is 1.47. The number of amides is 1. The number of H-pyrrole nitrogens is 1. The summed E-state index contributed by atoms with van der Waals surface area (Å²) >= 11 is 0. The maximum absolute atomic E-state index is 12.6. The van der Waals surface area contributed by atoms with Gasteiger partial charge in [0.25, 0.3) is 0 Å². The Labute approximate surface area is 158 Å². The van der Waals surface area contributed by atoms with Crippen molar-refractivity contribution in [2.24, 2.45) is 33.6 Å². The first-order valence-corrected chi connectivity index (χ1v) is 9.27. The maximum atomic E-state index is 12.6. The first kappa shape index (κ1) is 17.5. The van der Waals surface area contributed by atoms with Crippen molar-refractivity contribution in [1.29, 1.82) is 5.26 Å². The molecule has 1 saturated heterocycles. The van der Waals surface area contributed by atoms with Crippen molar-refractivity contribution in [2.45, 2.75) is 25.7 Å². The summed E-state index contributed by atoms with van der Waals surface area (Å²) < 4.78 is 0. The zero-order chi connectivity index (χ0) is 19.0. The lowest BCUT2D eigenvalue weighted by atomic mass is 9.78. The van der Waals surface area contributed by atoms with Crippen molar-refractivity contribution in [1.82, 2.24) is 14.9 Å². The minimum absolute atomic E-state index is 0.00522. The molecule has 3 heterocycles. The molecule has 3 N–H and O–H groups in total. The fraction of sp³-hybridized carbons (Fsp3) is 0.474. The van der Waals surface area contributed by atoms with E-state index in [4.69, 9.17) is 11.1 Å². The van der Waals surface area contributed by atoms with Crippen molar-refractivity contribution >= 4 is 30.5 Å². The van der Waals surface area contributed by atoms with Crippen LogP contribution in [0.5, 0.6) is 0 Å². The number of allylic oxidation sites excluding steroid dienone is 1. The van der Waals surface area contributed by atoms with E-state index in [2.05, 4.69) is 27.8 Å². The summed E-state index contributed by atoms with van der Waals surface area (Å²) in [5.41, 5.74) is 2.61. The zero-order valence-corrected chi connectivity index (χ0v) is 15.1. The summed E-state index contributed by atoms with van der Waals surface area (Å²) in [6.45, 7) is 4.93. The second-order valence-corrected chi connectivity index (χ2v) is 7.40. The number of nitrogens with zero attached hydrogens (tertiary/aromatic N) is 5. The van der Waals surface area contributed by atoms with E-state index in [1.807, 2.05) is 17.2 Å². The normalized spacial score (nSPS) is 26.8. The average molecular weight is 365 g/mol. The van der Waals surface area contributed by atoms with E-state index in [1.165, 1.54) is 5.01 Å². The highest BCUT2D eigenvalue weighted by Crippen LogP contribution is 2.41. The van der Waals surface area contributed by atoms with E-state index in [0.717, 1.165) is 48.5 Å². The van der Waals surface area contributed by atoms with E-state index in [1.54, 1.807) is 6.34 Å². The smallest absolute Gasteiger partial charge is 0.225 e. The average Bonchev–Trinajstić information content (AvgIpc) is 3.12. The molecule has 1 aromatic rings. The standard InChI is InChI=1S/C19H23N7O/c1-22-16(17-15-6-7-23-18(15)24-11-26(17)21)13-2-4-14(5-3-13)19(27)25-9-12(8-20)10-25/h6-7,11-14,23H,1-5,9-10,21H2/b17-16-. The van der Waals surface area contributed by atoms with Gasteiger partial charge in [-0.15, -0.1) is 0 Å². The highest BCUT2D eigenvalue weighted by molar-refractivity contribution is 5.87. The molecule has 2 aliphatic heterocycles. The topological polar surface area (TPSA) is 114 Å². The second kappa shape index (κ2) is 7.00. The second-order valence-electron chi connectivity index (χ2n) is 7.40. The molecule has 8 nitrogen and oxygen atoms in total. The molecule has 0 radical (unpaired) electrons. The predicted molar refractivity (Wildman–Crippen MR) is 103 cm³/mol. The molecule has 3 aliphatic rings. The first-order chi connectivity index (χ1) is 13.1. The third kappa shape index (κ3) is 3.04. The molecule has 2 fully saturated rings. The van der Waals surface area contributed by atoms with Gasteiger partial charge in [0.1, 0.15) is 12.2 Å². The van der Waals surface area contributed by atoms with Crippen molar-refractivity contribution in [3.05, 3.63) is 23.5 Å². The molecule has 1 saturated carbocycles. The van der Waals surface area contributed by atoms with Gasteiger partial charge >= 0.3 is 0 Å². The molecule has 1 aromatic heterocycles. The van der Waals surface area contributed by atoms with Crippen LogP contribution in [0.2, 0.25) is 0 Å². The Bertz CT molecular complexity index is 848. The van der Waals surface area contributed by atoms with Gasteiger partial charge in [0, 0.05) is 36.7 Å². The largest absolute Gasteiger partial charge is 0.346 e. The summed E-state index contributed by atoms with van der Waals surface area (Å²) in [4.78, 5) is 26.1. The number of aromatic nitrogens is 1. The highest BCUT2D eigenvalue weighted by Gasteiger charge is 2.37. The van der Waals surface area contributed by atoms with Crippen LogP contribution in [0.3, 0.4) is 0 Å². The fourth-order valence-corrected chi connectivity index (χ4v) is 4.26. The number of fused-ring (bicyclic) bond motifs is 1. The summed E-state index contributed by atoms with van der Waals surface area (Å²) in [6, 6.07) is 4.16. The Morgan fingerprint density at radius 1 is 1.33 bits per heavy atom. The van der Waals surface area contributed by atoms with Crippen LogP contribution in [0, 0.1) is 29.1 Å². The lowest BCUT2D eigenvalue weighted by Gasteiger charge is -2.39. The van der Waals surface area contributed by atoms with Gasteiger partial charge in [-0.2, -0.15) is 5.26 Å². The zero-order valence-electron chi connectivity index (χ0n) is 15.1. The number of carbonyl (C=O) groups is 1. The van der Waals surface area contributed by atoms with Crippen LogP contribution in [-0.2, 0) is 4.79 Å². The van der Waals surface area contributed by atoms with E-state index in [0.29, 0.717) is 13.1 Å². The molecule has 4 rings (SSSR count). The summed E-state index contributed by atoms with van der Waals surface area (Å²) in [7, 11) is 0. The minimum atomic E-state index is 0.00522. The van der Waals surface area contributed by atoms with Gasteiger partial charge in [-0.25, -0.2) is 10.8 Å². The molecule has 1 aliphatic carbocycles. The van der Waals surface area contributed by atoms with Crippen molar-refractivity contribution in [3.63, 3.8) is 0 Å². The van der Waals surface area contributed by atoms with Crippen molar-refractivity contribution < 1.29 is 4.79 Å². The van der Waals surface area contributed by atoms with Crippen LogP contribution in [0.4, 0.5) is 5.82 Å². The Morgan fingerprint density at radius 2 is 2.04 bits per heavy atom. The molecule has 0 bridgehead atoms. The number of nitrogens with one attached hydrogen (secondary N) is 1. The number of aromatic amines is 1. The molecule has 0 spiro atoms. The highest BCUT2D eigenvalue weighted by atomic mass is 16.2. The molecular formula is C19H23N7O. The van der Waals surface area contributed by atoms with E-state index in [-0.39, 0.29) is 23.7 Å². The van der Waals surface area contributed by atoms with Gasteiger partial charge in [-0.1, -0.05) is 0 Å². The molecule has 1 amide bonds. The molecule has 27 heavy (non-hydrogen) atoms. The molecule has 0 aromatic carbocycles. The number of carbonyl (C=O) groups excluding carboxylic acids is 1. The Morgan fingerprint density at radius 3 is 2.70 bits per heavy atom. The molecule has 0 atom stereocenters. The maximum Gasteiger partial charge on any atom is 0.225 e. The number of rotatable bonds is 3. The van der Waals surface area contributed by atoms with Gasteiger partial charge in [-0.3, -0.25) is 14.8 Å². The van der Waals surface area contributed by atoms with E-state index >= 15 is 0 Å². The van der Waals surface area contributed by atoms with Crippen molar-refractivity contribution in [3.8, 4) is 6.07 Å². The Kier molecular flexibility index (Phi) is 4.54. The van der Waals surface area contributed by atoms with E-state index in [9.17, 15) is 4.79 Å². The fourth-order valence-electron chi connectivity index (χ4n) is 4.26. The number of nitrogens with two attached hydrogens (primary N) is 1. The number of hydrogen-bond acceptors (Lipinski definition) is 6. The van der Waals surface area contributed by atoms with Crippen molar-refractivity contribution in [2.75, 3.05) is 13.1 Å². The first-order valence-electron chi connectivity index (χ1n) is 9.27. The summed E-state index contributed by atoms with van der Waals surface area (Å²) in [5, 5.41) is 10.4. The Hall–Kier alpha value is -2.92. The molecule has 8 heteroatoms. The lowest BCUT2D eigenvalue weighted by molar-refractivity contribution is -0.142. The third-order valence-electron chi connectivity index (χ3n) is 5.80. The quantitative estimate of drug-likeness (QED) is 0.630.